The second-order valence-corrected chi connectivity index (χ2v) is 14.7. The molecule has 0 aliphatic carbocycles. The Morgan fingerprint density at radius 3 is 2.46 bits per heavy atom. The molecule has 1 unspecified atom stereocenters. The largest absolute Gasteiger partial charge is 0.497 e. The molecule has 0 bridgehead atoms. The van der Waals surface area contributed by atoms with E-state index < -0.39 is 18.5 Å². The van der Waals surface area contributed by atoms with Crippen LogP contribution in [0.1, 0.15) is 114 Å². The number of halogens is 1. The van der Waals surface area contributed by atoms with Gasteiger partial charge < -0.3 is 29.8 Å². The van der Waals surface area contributed by atoms with Crippen molar-refractivity contribution in [1.29, 1.82) is 0 Å². The Morgan fingerprint density at radius 1 is 0.942 bits per heavy atom. The van der Waals surface area contributed by atoms with E-state index >= 15 is 4.39 Å². The number of carboxylic acids is 1. The summed E-state index contributed by atoms with van der Waals surface area (Å²) >= 11 is 0. The number of rotatable bonds is 21. The van der Waals surface area contributed by atoms with Crippen LogP contribution < -0.4 is 14.9 Å². The fourth-order valence-electron chi connectivity index (χ4n) is 6.47. The first-order valence-corrected chi connectivity index (χ1v) is 18.6. The number of allylic oxidation sites excluding steroid dienone is 1. The summed E-state index contributed by atoms with van der Waals surface area (Å²) in [6.45, 7) is 10.3. The molecule has 0 saturated heterocycles. The van der Waals surface area contributed by atoms with E-state index in [2.05, 4.69) is 56.5 Å². The maximum atomic E-state index is 15.5. The number of aliphatic hydroxyl groups excluding tert-OH is 1. The highest BCUT2D eigenvalue weighted by atomic mass is 19.1. The van der Waals surface area contributed by atoms with Gasteiger partial charge in [0.05, 0.1) is 25.7 Å². The number of nitrogens with one attached hydrogen (secondary N) is 1. The molecule has 3 aromatic carbocycles. The number of hydrogen-bond acceptors (Lipinski definition) is 8. The molecule has 0 fully saturated rings. The van der Waals surface area contributed by atoms with Crippen LogP contribution in [0, 0.1) is 11.2 Å². The molecule has 0 spiro atoms. The number of hydrogen-bond donors (Lipinski definition) is 3. The molecule has 0 saturated carbocycles. The van der Waals surface area contributed by atoms with Crippen molar-refractivity contribution in [2.45, 2.75) is 104 Å². The molecule has 10 heteroatoms. The second-order valence-electron chi connectivity index (χ2n) is 14.7. The van der Waals surface area contributed by atoms with Gasteiger partial charge in [0.2, 0.25) is 0 Å². The van der Waals surface area contributed by atoms with Crippen molar-refractivity contribution in [2.24, 2.45) is 5.41 Å². The van der Waals surface area contributed by atoms with E-state index in [-0.39, 0.29) is 23.9 Å². The van der Waals surface area contributed by atoms with Gasteiger partial charge in [-0.15, -0.1) is 5.12 Å². The summed E-state index contributed by atoms with van der Waals surface area (Å²) in [6, 6.07) is 17.4. The lowest BCUT2D eigenvalue weighted by Gasteiger charge is -2.33. The Balaban J connectivity index is 1.47. The Labute approximate surface area is 309 Å². The van der Waals surface area contributed by atoms with Crippen LogP contribution in [0.2, 0.25) is 0 Å². The van der Waals surface area contributed by atoms with E-state index in [9.17, 15) is 9.90 Å². The summed E-state index contributed by atoms with van der Waals surface area (Å²) < 4.78 is 33.7. The van der Waals surface area contributed by atoms with E-state index in [0.717, 1.165) is 48.9 Å². The Kier molecular flexibility index (Phi) is 15.4. The van der Waals surface area contributed by atoms with Crippen LogP contribution >= 0.6 is 0 Å². The normalized spacial score (nSPS) is 14.5. The van der Waals surface area contributed by atoms with Crippen molar-refractivity contribution < 1.29 is 33.6 Å². The lowest BCUT2D eigenvalue weighted by molar-refractivity contribution is -0.139. The molecule has 52 heavy (non-hydrogen) atoms. The van der Waals surface area contributed by atoms with E-state index in [0.29, 0.717) is 29.2 Å². The van der Waals surface area contributed by atoms with Crippen molar-refractivity contribution in [3.8, 4) is 22.6 Å². The van der Waals surface area contributed by atoms with Crippen molar-refractivity contribution in [3.05, 3.63) is 95.1 Å². The molecule has 9 nitrogen and oxygen atoms in total. The quantitative estimate of drug-likeness (QED) is 0.0930. The topological polar surface area (TPSA) is 104 Å². The van der Waals surface area contributed by atoms with Gasteiger partial charge in [0.25, 0.3) is 0 Å². The van der Waals surface area contributed by atoms with Gasteiger partial charge in [-0.3, -0.25) is 9.80 Å². The summed E-state index contributed by atoms with van der Waals surface area (Å²) in [5, 5.41) is 23.7. The van der Waals surface area contributed by atoms with Crippen LogP contribution in [-0.2, 0) is 16.1 Å². The number of carboxylic acid groups (broad SMARTS) is 1. The minimum Gasteiger partial charge on any atom is -0.497 e. The van der Waals surface area contributed by atoms with Crippen LogP contribution in [0.25, 0.3) is 11.1 Å². The SMILES string of the molecule is CCCCCCC1=CN(CCCCCOC(c2cc(COc3cccc([C@H](O)CC(=O)O)c3)ccc2-c2cc(OC)ccc2F)C(C)(C)C)N(C)N1. The molecule has 1 heterocycles. The van der Waals surface area contributed by atoms with Gasteiger partial charge in [0.1, 0.15) is 23.9 Å². The monoisotopic (exact) mass is 719 g/mol. The number of carbonyl (C=O) groups is 1. The van der Waals surface area contributed by atoms with E-state index in [4.69, 9.17) is 19.3 Å². The van der Waals surface area contributed by atoms with E-state index in [1.54, 1.807) is 43.5 Å². The second kappa shape index (κ2) is 19.6. The molecule has 2 atom stereocenters. The third-order valence-electron chi connectivity index (χ3n) is 9.28. The number of aliphatic carboxylic acids is 1. The highest BCUT2D eigenvalue weighted by Crippen LogP contribution is 2.43. The predicted octanol–water partition coefficient (Wildman–Crippen LogP) is 9.34. The van der Waals surface area contributed by atoms with Crippen LogP contribution in [0.3, 0.4) is 0 Å². The van der Waals surface area contributed by atoms with Gasteiger partial charge in [-0.2, -0.15) is 0 Å². The number of benzene rings is 3. The smallest absolute Gasteiger partial charge is 0.306 e. The van der Waals surface area contributed by atoms with Gasteiger partial charge in [0.15, 0.2) is 0 Å². The maximum Gasteiger partial charge on any atom is 0.306 e. The van der Waals surface area contributed by atoms with Gasteiger partial charge in [-0.1, -0.05) is 71.2 Å². The van der Waals surface area contributed by atoms with Gasteiger partial charge in [-0.25, -0.2) is 4.39 Å². The van der Waals surface area contributed by atoms with Crippen molar-refractivity contribution in [1.82, 2.24) is 15.6 Å². The van der Waals surface area contributed by atoms with Crippen molar-refractivity contribution in [2.75, 3.05) is 27.3 Å². The maximum absolute atomic E-state index is 15.5. The Bertz CT molecular complexity index is 1620. The van der Waals surface area contributed by atoms with E-state index in [1.807, 2.05) is 18.2 Å². The summed E-state index contributed by atoms with van der Waals surface area (Å²) in [5.74, 6) is -0.369. The predicted molar refractivity (Wildman–Crippen MR) is 203 cm³/mol. The summed E-state index contributed by atoms with van der Waals surface area (Å²) in [6.07, 6.45) is 9.33. The standard InChI is InChI=1S/C42H58FN3O6/c1-7-8-9-11-16-32-28-46(45(5)44-32)22-12-10-13-23-51-41(42(2,3)4)37-24-30(18-20-35(37)36-26-33(50-6)19-21-38(36)43)29-52-34-17-14-15-31(25-34)39(47)27-40(48)49/h14-15,17-21,24-26,28,39,41,44,47H,7-13,16,22-23,27,29H2,1-6H3,(H,48,49)/t39-,41?/m1/s1. The molecule has 0 radical (unpaired) electrons. The molecule has 0 amide bonds. The first-order valence-electron chi connectivity index (χ1n) is 18.6. The number of aliphatic hydroxyl groups is 1. The summed E-state index contributed by atoms with van der Waals surface area (Å²) in [5.41, 5.74) is 7.76. The number of nitrogens with zero attached hydrogens (tertiary/aromatic N) is 2. The van der Waals surface area contributed by atoms with Crippen molar-refractivity contribution in [3.63, 3.8) is 0 Å². The molecule has 4 rings (SSSR count). The Hall–Kier alpha value is -4.12. The van der Waals surface area contributed by atoms with Gasteiger partial charge >= 0.3 is 5.97 Å². The number of ether oxygens (including phenoxy) is 3. The zero-order valence-corrected chi connectivity index (χ0v) is 31.8. The van der Waals surface area contributed by atoms with Crippen LogP contribution in [0.5, 0.6) is 11.5 Å². The fraction of sp³-hybridized carbons (Fsp3) is 0.500. The first-order chi connectivity index (χ1) is 24.9. The minimum atomic E-state index is -1.14. The van der Waals surface area contributed by atoms with E-state index in [1.165, 1.54) is 37.4 Å². The zero-order chi connectivity index (χ0) is 37.7. The molecule has 0 aromatic heterocycles. The zero-order valence-electron chi connectivity index (χ0n) is 31.8. The minimum absolute atomic E-state index is 0.206. The molecule has 3 N–H and O–H groups in total. The molecule has 284 valence electrons. The third-order valence-corrected chi connectivity index (χ3v) is 9.28. The average molecular weight is 720 g/mol. The van der Waals surface area contributed by atoms with Crippen LogP contribution in [-0.4, -0.2) is 53.6 Å². The molecular formula is C42H58FN3O6. The third kappa shape index (κ3) is 12.0. The molecule has 3 aromatic rings. The molecule has 1 aliphatic heterocycles. The van der Waals surface area contributed by atoms with Gasteiger partial charge in [0, 0.05) is 37.7 Å². The lowest BCUT2D eigenvalue weighted by Crippen LogP contribution is -2.39. The fourth-order valence-corrected chi connectivity index (χ4v) is 6.47. The Morgan fingerprint density at radius 2 is 1.73 bits per heavy atom. The van der Waals surface area contributed by atoms with Crippen molar-refractivity contribution >= 4 is 5.97 Å². The number of unbranched alkanes of at least 4 members (excludes halogenated alkanes) is 5. The highest BCUT2D eigenvalue weighted by Gasteiger charge is 2.30. The highest BCUT2D eigenvalue weighted by molar-refractivity contribution is 5.71. The average Bonchev–Trinajstić information content (AvgIpc) is 3.46. The molecule has 1 aliphatic rings. The first kappa shape index (κ1) is 40.6. The number of methoxy groups -OCH3 is 1. The van der Waals surface area contributed by atoms with Crippen LogP contribution in [0.4, 0.5) is 4.39 Å². The summed E-state index contributed by atoms with van der Waals surface area (Å²) in [7, 11) is 3.62. The summed E-state index contributed by atoms with van der Waals surface area (Å²) in [4.78, 5) is 11.1. The lowest BCUT2D eigenvalue weighted by atomic mass is 9.81. The number of hydrazine groups is 2. The van der Waals surface area contributed by atoms with Crippen LogP contribution in [0.15, 0.2) is 72.6 Å². The molecular weight excluding hydrogens is 661 g/mol. The van der Waals surface area contributed by atoms with Gasteiger partial charge in [-0.05, 0) is 96.2 Å².